The number of benzene rings is 1. The van der Waals surface area contributed by atoms with Gasteiger partial charge >= 0.3 is 6.09 Å². The third kappa shape index (κ3) is 4.81. The van der Waals surface area contributed by atoms with Crippen LogP contribution in [0.1, 0.15) is 37.3 Å². The van der Waals surface area contributed by atoms with E-state index in [2.05, 4.69) is 22.4 Å². The lowest BCUT2D eigenvalue weighted by Crippen LogP contribution is -2.39. The number of amides is 1. The van der Waals surface area contributed by atoms with E-state index in [1.165, 1.54) is 0 Å². The largest absolute Gasteiger partial charge is 0.442 e. The molecule has 13 nitrogen and oxygen atoms in total. The molecule has 6 N–H and O–H groups in total. The molecule has 11 unspecified atom stereocenters. The summed E-state index contributed by atoms with van der Waals surface area (Å²) in [4.78, 5) is 19.6. The van der Waals surface area contributed by atoms with Gasteiger partial charge in [-0.15, -0.1) is 5.10 Å². The minimum Gasteiger partial charge on any atom is -0.442 e. The zero-order valence-corrected chi connectivity index (χ0v) is 28.9. The number of nitrogens with zero attached hydrogens (tertiary/aromatic N) is 5. The van der Waals surface area contributed by atoms with Crippen molar-refractivity contribution in [2.24, 2.45) is 57.1 Å². The molecule has 0 bridgehead atoms. The predicted octanol–water partition coefficient (Wildman–Crippen LogP) is 2.55. The van der Waals surface area contributed by atoms with Gasteiger partial charge in [0.05, 0.1) is 58.9 Å². The molecule has 7 fully saturated rings. The Balaban J connectivity index is 0.893. The maximum Gasteiger partial charge on any atom is 0.414 e. The van der Waals surface area contributed by atoms with Gasteiger partial charge in [0.25, 0.3) is 0 Å². The smallest absolute Gasteiger partial charge is 0.414 e. The van der Waals surface area contributed by atoms with Crippen LogP contribution in [0.4, 0.5) is 10.5 Å². The second-order valence-corrected chi connectivity index (χ2v) is 16.5. The molecule has 10 rings (SSSR count). The minimum absolute atomic E-state index is 0.0523. The summed E-state index contributed by atoms with van der Waals surface area (Å²) in [5.41, 5.74) is 24.3. The highest BCUT2D eigenvalue weighted by molar-refractivity contribution is 5.90. The lowest BCUT2D eigenvalue weighted by atomic mass is 9.66. The lowest BCUT2D eigenvalue weighted by Gasteiger charge is -2.38. The van der Waals surface area contributed by atoms with Gasteiger partial charge in [0.1, 0.15) is 6.10 Å². The summed E-state index contributed by atoms with van der Waals surface area (Å²) in [5, 5.41) is 7.83. The minimum atomic E-state index is -0.358. The van der Waals surface area contributed by atoms with Gasteiger partial charge in [-0.2, -0.15) is 0 Å². The molecular weight excluding hydrogens is 648 g/mol. The van der Waals surface area contributed by atoms with Gasteiger partial charge in [0, 0.05) is 87.4 Å². The van der Waals surface area contributed by atoms with Gasteiger partial charge in [-0.05, 0) is 42.5 Å². The molecule has 4 saturated heterocycles. The van der Waals surface area contributed by atoms with Gasteiger partial charge in [0.2, 0.25) is 0 Å². The number of fused-ring (bicyclic) bond motifs is 3. The Morgan fingerprint density at radius 3 is 2.22 bits per heavy atom. The van der Waals surface area contributed by atoms with Gasteiger partial charge in [-0.25, -0.2) is 9.48 Å². The molecule has 3 aliphatic carbocycles. The van der Waals surface area contributed by atoms with E-state index >= 15 is 0 Å². The molecule has 1 aromatic carbocycles. The van der Waals surface area contributed by atoms with E-state index in [1.54, 1.807) is 22.0 Å². The van der Waals surface area contributed by atoms with E-state index in [1.807, 2.05) is 30.5 Å². The molecule has 2 aromatic heterocycles. The van der Waals surface area contributed by atoms with Gasteiger partial charge < -0.3 is 36.1 Å². The third-order valence-corrected chi connectivity index (χ3v) is 14.4. The fourth-order valence-electron chi connectivity index (χ4n) is 11.2. The number of pyridine rings is 1. The molecule has 6 heterocycles. The van der Waals surface area contributed by atoms with Crippen molar-refractivity contribution in [2.75, 3.05) is 51.1 Å². The maximum absolute atomic E-state index is 12.7. The number of carbonyl (C=O) groups is 1. The number of rotatable bonds is 13. The van der Waals surface area contributed by atoms with Crippen LogP contribution in [0.3, 0.4) is 0 Å². The first kappa shape index (κ1) is 32.2. The van der Waals surface area contributed by atoms with Crippen LogP contribution in [0.2, 0.25) is 0 Å². The standard InChI is InChI=1S/C38H48N8O5/c39-32-27-16-48-19-36(27,32)10-2-1-3-26(37-20-49-17-28(37)33(37)40)31(38-21-50-18-29(38)34(38)41)30-9-6-23(13-42-30)22-4-7-24(8-5-22)46-15-25(51-35(46)47)14-45-12-11-43-44-45/h4-9,11-13,25-29,31-34H,1-3,10,14-21,39-41H2/t25-,26?,27?,28?,29?,31?,32?,33?,34?,36?,37?,38?/m0/s1. The van der Waals surface area contributed by atoms with E-state index in [4.69, 9.17) is 41.1 Å². The van der Waals surface area contributed by atoms with E-state index < -0.39 is 0 Å². The van der Waals surface area contributed by atoms with Crippen molar-refractivity contribution in [1.82, 2.24) is 20.0 Å². The molecule has 270 valence electrons. The van der Waals surface area contributed by atoms with E-state index in [0.29, 0.717) is 56.6 Å². The number of cyclic esters (lactones) is 1. The van der Waals surface area contributed by atoms with Crippen LogP contribution in [-0.2, 0) is 25.5 Å². The molecule has 13 heteroatoms. The molecule has 0 radical (unpaired) electrons. The molecule has 0 spiro atoms. The Morgan fingerprint density at radius 2 is 1.57 bits per heavy atom. The number of aromatic nitrogens is 4. The second-order valence-electron chi connectivity index (χ2n) is 16.5. The normalized spacial score (nSPS) is 39.7. The van der Waals surface area contributed by atoms with Crippen molar-refractivity contribution in [3.8, 4) is 11.1 Å². The Bertz CT molecular complexity index is 1780. The SMILES string of the molecule is NC1C2COCC12CCCCC(C(c1ccc(-c2ccc(N3C[C@H](Cn4ccnn4)OC3=O)cc2)cn1)C12COCC1C2N)C12COCC1C2N. The lowest BCUT2D eigenvalue weighted by molar-refractivity contribution is 0.0722. The van der Waals surface area contributed by atoms with E-state index in [9.17, 15) is 4.79 Å². The predicted molar refractivity (Wildman–Crippen MR) is 186 cm³/mol. The van der Waals surface area contributed by atoms with Gasteiger partial charge in [0.15, 0.2) is 0 Å². The monoisotopic (exact) mass is 696 g/mol. The molecular formula is C38H48N8O5. The summed E-state index contributed by atoms with van der Waals surface area (Å²) in [5.74, 6) is 1.67. The summed E-state index contributed by atoms with van der Waals surface area (Å²) >= 11 is 0. The van der Waals surface area contributed by atoms with Crippen molar-refractivity contribution in [1.29, 1.82) is 0 Å². The summed E-state index contributed by atoms with van der Waals surface area (Å²) < 4.78 is 25.3. The van der Waals surface area contributed by atoms with Crippen molar-refractivity contribution >= 4 is 11.8 Å². The molecule has 3 aromatic rings. The van der Waals surface area contributed by atoms with Crippen LogP contribution >= 0.6 is 0 Å². The Labute approximate surface area is 297 Å². The van der Waals surface area contributed by atoms with Crippen molar-refractivity contribution in [3.63, 3.8) is 0 Å². The second kappa shape index (κ2) is 11.8. The van der Waals surface area contributed by atoms with Crippen LogP contribution in [-0.4, -0.2) is 96.5 Å². The summed E-state index contributed by atoms with van der Waals surface area (Å²) in [6, 6.07) is 12.9. The maximum atomic E-state index is 12.7. The molecule has 4 aliphatic heterocycles. The van der Waals surface area contributed by atoms with E-state index in [0.717, 1.165) is 68.0 Å². The number of hydrogen-bond donors (Lipinski definition) is 3. The number of carbonyl (C=O) groups excluding carboxylic acids is 1. The molecule has 7 aliphatic rings. The highest BCUT2D eigenvalue weighted by atomic mass is 16.6. The number of unbranched alkanes of at least 4 members (excludes halogenated alkanes) is 1. The first-order chi connectivity index (χ1) is 24.9. The molecule has 12 atom stereocenters. The molecule has 51 heavy (non-hydrogen) atoms. The zero-order valence-electron chi connectivity index (χ0n) is 28.9. The van der Waals surface area contributed by atoms with Crippen molar-refractivity contribution in [2.45, 2.75) is 62.4 Å². The fraction of sp³-hybridized carbons (Fsp3) is 0.632. The summed E-state index contributed by atoms with van der Waals surface area (Å²) in [6.07, 6.45) is 9.13. The first-order valence-electron chi connectivity index (χ1n) is 18.8. The van der Waals surface area contributed by atoms with Crippen LogP contribution in [0.15, 0.2) is 55.0 Å². The summed E-state index contributed by atoms with van der Waals surface area (Å²) in [7, 11) is 0. The van der Waals surface area contributed by atoms with Crippen molar-refractivity contribution in [3.05, 3.63) is 60.7 Å². The van der Waals surface area contributed by atoms with Crippen LogP contribution in [0.25, 0.3) is 11.1 Å². The van der Waals surface area contributed by atoms with Crippen LogP contribution in [0, 0.1) is 39.9 Å². The molecule has 1 amide bonds. The highest BCUT2D eigenvalue weighted by Crippen LogP contribution is 2.72. The van der Waals surface area contributed by atoms with Crippen LogP contribution < -0.4 is 22.1 Å². The van der Waals surface area contributed by atoms with Crippen LogP contribution in [0.5, 0.6) is 0 Å². The number of anilines is 1. The zero-order chi connectivity index (χ0) is 34.5. The topological polar surface area (TPSA) is 179 Å². The fourth-order valence-corrected chi connectivity index (χ4v) is 11.2. The average molecular weight is 697 g/mol. The van der Waals surface area contributed by atoms with Crippen molar-refractivity contribution < 1.29 is 23.7 Å². The first-order valence-corrected chi connectivity index (χ1v) is 18.8. The highest BCUT2D eigenvalue weighted by Gasteiger charge is 2.77. The Morgan fingerprint density at radius 1 is 0.843 bits per heavy atom. The van der Waals surface area contributed by atoms with Gasteiger partial charge in [-0.1, -0.05) is 36.3 Å². The molecule has 3 saturated carbocycles. The van der Waals surface area contributed by atoms with E-state index in [-0.39, 0.29) is 52.5 Å². The Kier molecular flexibility index (Phi) is 7.44. The average Bonchev–Trinajstić information content (AvgIpc) is 3.70. The number of ether oxygens (including phenoxy) is 4. The third-order valence-electron chi connectivity index (χ3n) is 14.4. The van der Waals surface area contributed by atoms with Gasteiger partial charge in [-0.3, -0.25) is 9.88 Å². The number of nitrogens with two attached hydrogens (primary N) is 3. The quantitative estimate of drug-likeness (QED) is 0.224. The Hall–Kier alpha value is -3.46. The number of hydrogen-bond acceptors (Lipinski definition) is 11. The summed E-state index contributed by atoms with van der Waals surface area (Å²) in [6.45, 7) is 5.35.